The fraction of sp³-hybridized carbons (Fsp3) is 0.400. The minimum atomic E-state index is -0.337. The number of anilines is 1. The summed E-state index contributed by atoms with van der Waals surface area (Å²) in [6.45, 7) is 5.91. The molecular formula is C20H26N6O3. The molecule has 1 amide bonds. The Morgan fingerprint density at radius 2 is 1.83 bits per heavy atom. The normalized spacial score (nSPS) is 11.1. The molecule has 0 spiro atoms. The van der Waals surface area contributed by atoms with Gasteiger partial charge in [0.05, 0.1) is 6.54 Å². The highest BCUT2D eigenvalue weighted by Crippen LogP contribution is 2.08. The molecule has 0 aliphatic carbocycles. The van der Waals surface area contributed by atoms with Gasteiger partial charge in [0, 0.05) is 31.7 Å². The van der Waals surface area contributed by atoms with E-state index in [9.17, 15) is 4.79 Å². The summed E-state index contributed by atoms with van der Waals surface area (Å²) in [6.07, 6.45) is 0.174. The summed E-state index contributed by atoms with van der Waals surface area (Å²) in [6, 6.07) is 12.8. The van der Waals surface area contributed by atoms with Gasteiger partial charge < -0.3 is 20.1 Å². The van der Waals surface area contributed by atoms with E-state index >= 15 is 0 Å². The van der Waals surface area contributed by atoms with E-state index in [-0.39, 0.29) is 12.2 Å². The zero-order chi connectivity index (χ0) is 20.5. The van der Waals surface area contributed by atoms with E-state index in [4.69, 9.17) is 9.47 Å². The maximum atomic E-state index is 12.1. The lowest BCUT2D eigenvalue weighted by molar-refractivity contribution is -0.126. The molecule has 9 heteroatoms. The number of amides is 1. The highest BCUT2D eigenvalue weighted by Gasteiger charge is 2.11. The molecule has 0 aliphatic rings. The molecule has 29 heavy (non-hydrogen) atoms. The van der Waals surface area contributed by atoms with Gasteiger partial charge >= 0.3 is 0 Å². The standard InChI is InChI=1S/C20H26N6O3/c1-3-28-19(29-4-2)14-22-16-10-11-17-23-24-18(26(17)25-16)12-13-21-20(27)15-8-6-5-7-9-15/h5-11,19H,3-4,12-14H2,1-2H3,(H,21,27)(H,22,25). The van der Waals surface area contributed by atoms with Crippen molar-refractivity contribution in [2.24, 2.45) is 0 Å². The van der Waals surface area contributed by atoms with Crippen LogP contribution >= 0.6 is 0 Å². The number of aromatic nitrogens is 4. The van der Waals surface area contributed by atoms with Crippen LogP contribution in [0.25, 0.3) is 5.65 Å². The van der Waals surface area contributed by atoms with Crippen LogP contribution in [0.15, 0.2) is 42.5 Å². The first kappa shape index (κ1) is 20.7. The molecule has 154 valence electrons. The summed E-state index contributed by atoms with van der Waals surface area (Å²) in [5.41, 5.74) is 1.27. The zero-order valence-electron chi connectivity index (χ0n) is 16.7. The lowest BCUT2D eigenvalue weighted by atomic mass is 10.2. The van der Waals surface area contributed by atoms with Crippen molar-refractivity contribution in [1.82, 2.24) is 25.1 Å². The Morgan fingerprint density at radius 3 is 2.55 bits per heavy atom. The number of fused-ring (bicyclic) bond motifs is 1. The average Bonchev–Trinajstić information content (AvgIpc) is 3.15. The maximum Gasteiger partial charge on any atom is 0.251 e. The molecule has 2 heterocycles. The Morgan fingerprint density at radius 1 is 1.07 bits per heavy atom. The molecule has 3 rings (SSSR count). The Labute approximate surface area is 169 Å². The van der Waals surface area contributed by atoms with Crippen LogP contribution in [-0.2, 0) is 15.9 Å². The molecule has 0 atom stereocenters. The number of hydrogen-bond donors (Lipinski definition) is 2. The van der Waals surface area contributed by atoms with E-state index < -0.39 is 0 Å². The number of nitrogens with one attached hydrogen (secondary N) is 2. The second-order valence-electron chi connectivity index (χ2n) is 6.20. The maximum absolute atomic E-state index is 12.1. The molecule has 0 bridgehead atoms. The molecule has 0 saturated heterocycles. The molecule has 1 aromatic carbocycles. The van der Waals surface area contributed by atoms with Crippen LogP contribution in [-0.4, -0.2) is 58.3 Å². The SMILES string of the molecule is CCOC(CNc1ccc2nnc(CCNC(=O)c3ccccc3)n2n1)OCC. The first-order chi connectivity index (χ1) is 14.2. The predicted octanol–water partition coefficient (Wildman–Crippen LogP) is 1.91. The van der Waals surface area contributed by atoms with Gasteiger partial charge in [-0.1, -0.05) is 18.2 Å². The van der Waals surface area contributed by atoms with Gasteiger partial charge in [0.25, 0.3) is 5.91 Å². The van der Waals surface area contributed by atoms with Crippen LogP contribution in [0.3, 0.4) is 0 Å². The minimum absolute atomic E-state index is 0.118. The third-order valence-corrected chi connectivity index (χ3v) is 4.15. The van der Waals surface area contributed by atoms with E-state index in [0.29, 0.717) is 55.6 Å². The number of benzene rings is 1. The summed E-state index contributed by atoms with van der Waals surface area (Å²) < 4.78 is 12.7. The number of carbonyl (C=O) groups is 1. The van der Waals surface area contributed by atoms with Gasteiger partial charge in [-0.15, -0.1) is 15.3 Å². The van der Waals surface area contributed by atoms with Crippen LogP contribution in [0.5, 0.6) is 0 Å². The number of nitrogens with zero attached hydrogens (tertiary/aromatic N) is 4. The first-order valence-electron chi connectivity index (χ1n) is 9.73. The molecule has 9 nitrogen and oxygen atoms in total. The van der Waals surface area contributed by atoms with E-state index in [2.05, 4.69) is 25.9 Å². The summed E-state index contributed by atoms with van der Waals surface area (Å²) in [4.78, 5) is 12.1. The molecule has 2 aromatic heterocycles. The van der Waals surface area contributed by atoms with Gasteiger partial charge in [-0.25, -0.2) is 0 Å². The Kier molecular flexibility index (Phi) is 7.48. The van der Waals surface area contributed by atoms with Crippen molar-refractivity contribution in [1.29, 1.82) is 0 Å². The molecule has 2 N–H and O–H groups in total. The molecule has 0 fully saturated rings. The van der Waals surface area contributed by atoms with Gasteiger partial charge in [0.2, 0.25) is 0 Å². The third kappa shape index (κ3) is 5.72. The zero-order valence-corrected chi connectivity index (χ0v) is 16.7. The van der Waals surface area contributed by atoms with E-state index in [1.54, 1.807) is 16.6 Å². The lowest BCUT2D eigenvalue weighted by Gasteiger charge is -2.17. The Hall–Kier alpha value is -3.04. The molecular weight excluding hydrogens is 372 g/mol. The molecule has 0 saturated carbocycles. The van der Waals surface area contributed by atoms with Crippen molar-refractivity contribution in [2.45, 2.75) is 26.6 Å². The van der Waals surface area contributed by atoms with Crippen molar-refractivity contribution >= 4 is 17.4 Å². The number of rotatable bonds is 11. The summed E-state index contributed by atoms with van der Waals surface area (Å²) >= 11 is 0. The monoisotopic (exact) mass is 398 g/mol. The van der Waals surface area contributed by atoms with Gasteiger partial charge in [-0.05, 0) is 38.1 Å². The van der Waals surface area contributed by atoms with Gasteiger partial charge in [-0.2, -0.15) is 4.52 Å². The topological polar surface area (TPSA) is 103 Å². The van der Waals surface area contributed by atoms with Crippen LogP contribution in [0.1, 0.15) is 30.0 Å². The molecule has 3 aromatic rings. The van der Waals surface area contributed by atoms with Crippen molar-refractivity contribution in [2.75, 3.05) is 31.6 Å². The van der Waals surface area contributed by atoms with E-state index in [1.165, 1.54) is 0 Å². The summed E-state index contributed by atoms with van der Waals surface area (Å²) in [7, 11) is 0. The largest absolute Gasteiger partial charge is 0.364 e. The van der Waals surface area contributed by atoms with Crippen LogP contribution in [0.4, 0.5) is 5.82 Å². The van der Waals surface area contributed by atoms with E-state index in [1.807, 2.05) is 44.2 Å². The molecule has 0 radical (unpaired) electrons. The fourth-order valence-electron chi connectivity index (χ4n) is 2.79. The van der Waals surface area contributed by atoms with Crippen molar-refractivity contribution in [3.8, 4) is 0 Å². The highest BCUT2D eigenvalue weighted by atomic mass is 16.7. The van der Waals surface area contributed by atoms with Crippen molar-refractivity contribution in [3.63, 3.8) is 0 Å². The van der Waals surface area contributed by atoms with Crippen molar-refractivity contribution < 1.29 is 14.3 Å². The van der Waals surface area contributed by atoms with Crippen molar-refractivity contribution in [3.05, 3.63) is 53.9 Å². The third-order valence-electron chi connectivity index (χ3n) is 4.15. The van der Waals surface area contributed by atoms with Crippen LogP contribution in [0, 0.1) is 0 Å². The van der Waals surface area contributed by atoms with Crippen LogP contribution in [0.2, 0.25) is 0 Å². The fourth-order valence-corrected chi connectivity index (χ4v) is 2.79. The second kappa shape index (κ2) is 10.5. The summed E-state index contributed by atoms with van der Waals surface area (Å²) in [5.74, 6) is 1.21. The average molecular weight is 398 g/mol. The van der Waals surface area contributed by atoms with Crippen LogP contribution < -0.4 is 10.6 Å². The summed E-state index contributed by atoms with van der Waals surface area (Å²) in [5, 5.41) is 19.0. The van der Waals surface area contributed by atoms with Gasteiger partial charge in [0.15, 0.2) is 17.8 Å². The number of carbonyl (C=O) groups excluding carboxylic acids is 1. The number of ether oxygens (including phenoxy) is 2. The predicted molar refractivity (Wildman–Crippen MR) is 109 cm³/mol. The Balaban J connectivity index is 1.59. The quantitative estimate of drug-likeness (QED) is 0.476. The van der Waals surface area contributed by atoms with Gasteiger partial charge in [-0.3, -0.25) is 4.79 Å². The Bertz CT molecular complexity index is 909. The molecule has 0 unspecified atom stereocenters. The minimum Gasteiger partial charge on any atom is -0.364 e. The van der Waals surface area contributed by atoms with Gasteiger partial charge in [0.1, 0.15) is 5.82 Å². The number of hydrogen-bond acceptors (Lipinski definition) is 7. The molecule has 0 aliphatic heterocycles. The smallest absolute Gasteiger partial charge is 0.251 e. The lowest BCUT2D eigenvalue weighted by Crippen LogP contribution is -2.27. The first-order valence-corrected chi connectivity index (χ1v) is 9.73. The highest BCUT2D eigenvalue weighted by molar-refractivity contribution is 5.94. The van der Waals surface area contributed by atoms with E-state index in [0.717, 1.165) is 0 Å². The second-order valence-corrected chi connectivity index (χ2v) is 6.20.